The maximum Gasteiger partial charge on any atom is 0.240 e. The Kier molecular flexibility index (Phi) is 11.5. The summed E-state index contributed by atoms with van der Waals surface area (Å²) in [5.74, 6) is 1.34. The molecule has 0 heterocycles. The van der Waals surface area contributed by atoms with Gasteiger partial charge < -0.3 is 10.6 Å². The van der Waals surface area contributed by atoms with Crippen LogP contribution in [0.1, 0.15) is 32.6 Å². The highest BCUT2D eigenvalue weighted by Crippen LogP contribution is 2.22. The number of hydrogen-bond donors (Lipinski definition) is 3. The van der Waals surface area contributed by atoms with Crippen molar-refractivity contribution >= 4 is 50.8 Å². The molecule has 10 heteroatoms. The number of nitrogens with one attached hydrogen (secondary N) is 3. The van der Waals surface area contributed by atoms with Gasteiger partial charge in [-0.25, -0.2) is 13.1 Å². The summed E-state index contributed by atoms with van der Waals surface area (Å²) in [4.78, 5) is 4.46. The quantitative estimate of drug-likeness (QED) is 0.202. The Morgan fingerprint density at radius 1 is 1.21 bits per heavy atom. The van der Waals surface area contributed by atoms with Crippen LogP contribution in [0.15, 0.2) is 40.2 Å². The number of nitrogens with zero attached hydrogens (tertiary/aromatic N) is 1. The number of aliphatic imine (C=N–C) groups is 1. The van der Waals surface area contributed by atoms with E-state index >= 15 is 0 Å². The summed E-state index contributed by atoms with van der Waals surface area (Å²) in [6, 6.07) is 8.54. The fourth-order valence-electron chi connectivity index (χ4n) is 3.19. The van der Waals surface area contributed by atoms with Gasteiger partial charge in [-0.15, -0.1) is 24.0 Å². The first-order chi connectivity index (χ1) is 13.0. The van der Waals surface area contributed by atoms with Crippen LogP contribution in [0.2, 0.25) is 0 Å². The summed E-state index contributed by atoms with van der Waals surface area (Å²) < 4.78 is 39.0. The maximum absolute atomic E-state index is 12.2. The molecule has 1 aromatic carbocycles. The minimum absolute atomic E-state index is 0. The fourth-order valence-corrected chi connectivity index (χ4v) is 5.59. The molecule has 0 bridgehead atoms. The van der Waals surface area contributed by atoms with Crippen molar-refractivity contribution in [1.29, 1.82) is 0 Å². The van der Waals surface area contributed by atoms with Gasteiger partial charge in [0, 0.05) is 48.0 Å². The third-order valence-electron chi connectivity index (χ3n) is 4.61. The van der Waals surface area contributed by atoms with Crippen LogP contribution in [0.5, 0.6) is 0 Å². The third-order valence-corrected chi connectivity index (χ3v) is 7.83. The van der Waals surface area contributed by atoms with Crippen LogP contribution in [-0.2, 0) is 20.8 Å². The van der Waals surface area contributed by atoms with Crippen LogP contribution in [0.3, 0.4) is 0 Å². The summed E-state index contributed by atoms with van der Waals surface area (Å²) >= 11 is 0. The molecule has 28 heavy (non-hydrogen) atoms. The molecule has 3 N–H and O–H groups in total. The van der Waals surface area contributed by atoms with Crippen molar-refractivity contribution in [2.24, 2.45) is 4.99 Å². The lowest BCUT2D eigenvalue weighted by molar-refractivity contribution is 0.413. The topological polar surface area (TPSA) is 99.7 Å². The molecule has 3 atom stereocenters. The smallest absolute Gasteiger partial charge is 0.240 e. The molecule has 160 valence electrons. The summed E-state index contributed by atoms with van der Waals surface area (Å²) in [5, 5.41) is 6.75. The molecule has 0 aliphatic heterocycles. The monoisotopic (exact) mass is 542 g/mol. The Bertz CT molecular complexity index is 744. The number of halogens is 1. The molecule has 0 aromatic heterocycles. The van der Waals surface area contributed by atoms with Crippen LogP contribution in [-0.4, -0.2) is 55.8 Å². The maximum atomic E-state index is 12.2. The van der Waals surface area contributed by atoms with Gasteiger partial charge in [-0.05, 0) is 31.4 Å². The second-order valence-electron chi connectivity index (χ2n) is 6.51. The van der Waals surface area contributed by atoms with E-state index in [0.717, 1.165) is 25.7 Å². The largest absolute Gasteiger partial charge is 0.355 e. The van der Waals surface area contributed by atoms with E-state index in [1.54, 1.807) is 37.4 Å². The van der Waals surface area contributed by atoms with Gasteiger partial charge in [0.25, 0.3) is 0 Å². The highest BCUT2D eigenvalue weighted by molar-refractivity contribution is 14.0. The summed E-state index contributed by atoms with van der Waals surface area (Å²) in [7, 11) is -2.57. The molecule has 7 nitrogen and oxygen atoms in total. The van der Waals surface area contributed by atoms with Gasteiger partial charge in [-0.1, -0.05) is 31.5 Å². The van der Waals surface area contributed by atoms with E-state index in [9.17, 15) is 12.6 Å². The van der Waals surface area contributed by atoms with Crippen molar-refractivity contribution in [1.82, 2.24) is 15.4 Å². The van der Waals surface area contributed by atoms with Gasteiger partial charge in [0.05, 0.1) is 4.90 Å². The van der Waals surface area contributed by atoms with Gasteiger partial charge in [-0.2, -0.15) is 0 Å². The molecule has 0 amide bonds. The van der Waals surface area contributed by atoms with E-state index in [0.29, 0.717) is 18.3 Å². The Hall–Kier alpha value is -0.720. The lowest BCUT2D eigenvalue weighted by Gasteiger charge is -2.30. The second-order valence-corrected chi connectivity index (χ2v) is 10.3. The molecule has 0 saturated heterocycles. The minimum atomic E-state index is -3.50. The van der Waals surface area contributed by atoms with Crippen LogP contribution in [0, 0.1) is 0 Å². The van der Waals surface area contributed by atoms with Gasteiger partial charge in [0.2, 0.25) is 10.0 Å². The highest BCUT2D eigenvalue weighted by atomic mass is 127. The SMILES string of the molecule is CCS(=O)C1CCCC(NC(=NC)NCCNS(=O)(=O)c2ccccc2)C1.I. The number of sulfonamides is 1. The summed E-state index contributed by atoms with van der Waals surface area (Å²) in [6.07, 6.45) is 3.98. The third kappa shape index (κ3) is 7.96. The van der Waals surface area contributed by atoms with Gasteiger partial charge in [0.1, 0.15) is 0 Å². The lowest BCUT2D eigenvalue weighted by atomic mass is 9.95. The van der Waals surface area contributed by atoms with Crippen molar-refractivity contribution in [3.63, 3.8) is 0 Å². The number of hydrogen-bond acceptors (Lipinski definition) is 4. The van der Waals surface area contributed by atoms with Crippen molar-refractivity contribution in [3.05, 3.63) is 30.3 Å². The van der Waals surface area contributed by atoms with E-state index in [1.807, 2.05) is 6.92 Å². The average Bonchev–Trinajstić information content (AvgIpc) is 2.70. The zero-order chi connectivity index (χ0) is 19.7. The van der Waals surface area contributed by atoms with Crippen molar-refractivity contribution in [3.8, 4) is 0 Å². The molecule has 2 rings (SSSR count). The van der Waals surface area contributed by atoms with Crippen LogP contribution < -0.4 is 15.4 Å². The number of benzene rings is 1. The molecule has 3 unspecified atom stereocenters. The van der Waals surface area contributed by atoms with Crippen LogP contribution in [0.4, 0.5) is 0 Å². The van der Waals surface area contributed by atoms with Crippen LogP contribution in [0.25, 0.3) is 0 Å². The fraction of sp³-hybridized carbons (Fsp3) is 0.611. The van der Waals surface area contributed by atoms with E-state index < -0.39 is 20.8 Å². The number of guanidine groups is 1. The van der Waals surface area contributed by atoms with E-state index in [-0.39, 0.29) is 46.7 Å². The minimum Gasteiger partial charge on any atom is -0.355 e. The van der Waals surface area contributed by atoms with Crippen molar-refractivity contribution in [2.75, 3.05) is 25.9 Å². The Labute approximate surface area is 188 Å². The molecule has 1 aliphatic carbocycles. The molecular formula is C18H31IN4O3S2. The van der Waals surface area contributed by atoms with Gasteiger partial charge >= 0.3 is 0 Å². The zero-order valence-electron chi connectivity index (χ0n) is 16.4. The molecule has 1 aliphatic rings. The van der Waals surface area contributed by atoms with Crippen LogP contribution >= 0.6 is 24.0 Å². The first-order valence-electron chi connectivity index (χ1n) is 9.35. The predicted molar refractivity (Wildman–Crippen MR) is 126 cm³/mol. The van der Waals surface area contributed by atoms with E-state index in [1.165, 1.54) is 0 Å². The Morgan fingerprint density at radius 2 is 1.93 bits per heavy atom. The standard InChI is InChI=1S/C18H30N4O3S2.HI/c1-3-26(23)16-9-7-8-15(14-16)22-18(19-2)20-12-13-21-27(24,25)17-10-5-4-6-11-17;/h4-6,10-11,15-16,21H,3,7-9,12-14H2,1-2H3,(H2,19,20,22);1H. The molecule has 1 fully saturated rings. The van der Waals surface area contributed by atoms with Gasteiger partial charge in [-0.3, -0.25) is 9.20 Å². The van der Waals surface area contributed by atoms with Crippen molar-refractivity contribution in [2.45, 2.75) is 48.8 Å². The first-order valence-corrected chi connectivity index (χ1v) is 12.2. The van der Waals surface area contributed by atoms with E-state index in [2.05, 4.69) is 20.3 Å². The van der Waals surface area contributed by atoms with Crippen molar-refractivity contribution < 1.29 is 12.6 Å². The molecule has 1 saturated carbocycles. The normalized spacial score (nSPS) is 21.4. The first kappa shape index (κ1) is 25.3. The zero-order valence-corrected chi connectivity index (χ0v) is 20.4. The second kappa shape index (κ2) is 12.8. The van der Waals surface area contributed by atoms with E-state index in [4.69, 9.17) is 0 Å². The molecular weight excluding hydrogens is 511 g/mol. The molecule has 1 aromatic rings. The summed E-state index contributed by atoms with van der Waals surface area (Å²) in [5.41, 5.74) is 0. The number of rotatable bonds is 8. The average molecular weight is 543 g/mol. The Balaban J connectivity index is 0.00000392. The summed E-state index contributed by atoms with van der Waals surface area (Å²) in [6.45, 7) is 2.64. The molecule has 0 radical (unpaired) electrons. The molecule has 0 spiro atoms. The predicted octanol–water partition coefficient (Wildman–Crippen LogP) is 1.83. The van der Waals surface area contributed by atoms with Gasteiger partial charge in [0.15, 0.2) is 5.96 Å². The highest BCUT2D eigenvalue weighted by Gasteiger charge is 2.26. The Morgan fingerprint density at radius 3 is 2.57 bits per heavy atom. The lowest BCUT2D eigenvalue weighted by Crippen LogP contribution is -2.48.